The molecule has 1 aromatic heterocycles. The largest absolute Gasteiger partial charge is 0.385 e. The Bertz CT molecular complexity index is 410. The van der Waals surface area contributed by atoms with E-state index in [1.165, 1.54) is 10.6 Å². The minimum Gasteiger partial charge on any atom is -0.385 e. The number of pyridine rings is 1. The van der Waals surface area contributed by atoms with Gasteiger partial charge in [0.25, 0.3) is 5.56 Å². The Labute approximate surface area is 83.0 Å². The van der Waals surface area contributed by atoms with Gasteiger partial charge in [-0.15, -0.1) is 0 Å². The molecular weight excluding hydrogens is 178 g/mol. The van der Waals surface area contributed by atoms with Crippen molar-refractivity contribution < 1.29 is 5.11 Å². The van der Waals surface area contributed by atoms with E-state index in [1.807, 2.05) is 6.07 Å². The summed E-state index contributed by atoms with van der Waals surface area (Å²) >= 11 is 0. The standard InChI is InChI=1S/C11H15NO2/c1-3-8-7-11(8,14)9-4-5-12(2)10(13)6-9/h4-6,8,14H,3,7H2,1-2H3. The zero-order chi connectivity index (χ0) is 10.3. The van der Waals surface area contributed by atoms with Crippen molar-refractivity contribution in [3.63, 3.8) is 0 Å². The summed E-state index contributed by atoms with van der Waals surface area (Å²) in [5, 5.41) is 10.1. The fraction of sp³-hybridized carbons (Fsp3) is 0.545. The predicted molar refractivity (Wildman–Crippen MR) is 54.0 cm³/mol. The van der Waals surface area contributed by atoms with Crippen molar-refractivity contribution in [3.05, 3.63) is 34.2 Å². The molecule has 3 heteroatoms. The Hall–Kier alpha value is -1.09. The zero-order valence-electron chi connectivity index (χ0n) is 8.53. The van der Waals surface area contributed by atoms with Gasteiger partial charge in [0.05, 0.1) is 5.60 Å². The smallest absolute Gasteiger partial charge is 0.250 e. The Morgan fingerprint density at radius 3 is 2.93 bits per heavy atom. The Morgan fingerprint density at radius 1 is 1.71 bits per heavy atom. The van der Waals surface area contributed by atoms with Crippen LogP contribution in [0.2, 0.25) is 0 Å². The van der Waals surface area contributed by atoms with Crippen molar-refractivity contribution in [2.45, 2.75) is 25.4 Å². The minimum absolute atomic E-state index is 0.0577. The van der Waals surface area contributed by atoms with E-state index in [2.05, 4.69) is 6.92 Å². The first-order chi connectivity index (χ1) is 6.58. The fourth-order valence-electron chi connectivity index (χ4n) is 1.97. The maximum Gasteiger partial charge on any atom is 0.250 e. The monoisotopic (exact) mass is 193 g/mol. The zero-order valence-corrected chi connectivity index (χ0v) is 8.53. The summed E-state index contributed by atoms with van der Waals surface area (Å²) in [6.07, 6.45) is 3.46. The van der Waals surface area contributed by atoms with Gasteiger partial charge in [0.15, 0.2) is 0 Å². The van der Waals surface area contributed by atoms with Crippen LogP contribution in [0.1, 0.15) is 25.3 Å². The normalized spacial score (nSPS) is 30.4. The fourth-order valence-corrected chi connectivity index (χ4v) is 1.97. The molecule has 1 N–H and O–H groups in total. The summed E-state index contributed by atoms with van der Waals surface area (Å²) in [5.41, 5.74) is -0.00699. The summed E-state index contributed by atoms with van der Waals surface area (Å²) in [7, 11) is 1.71. The molecular formula is C11H15NO2. The number of aryl methyl sites for hydroxylation is 1. The quantitative estimate of drug-likeness (QED) is 0.761. The molecule has 0 radical (unpaired) electrons. The second-order valence-electron chi connectivity index (χ2n) is 4.10. The van der Waals surface area contributed by atoms with Gasteiger partial charge in [-0.2, -0.15) is 0 Å². The SMILES string of the molecule is CCC1CC1(O)c1ccn(C)c(=O)c1. The van der Waals surface area contributed by atoms with E-state index in [0.29, 0.717) is 5.92 Å². The van der Waals surface area contributed by atoms with Gasteiger partial charge in [-0.1, -0.05) is 13.3 Å². The van der Waals surface area contributed by atoms with Crippen LogP contribution in [-0.2, 0) is 12.6 Å². The molecule has 14 heavy (non-hydrogen) atoms. The first-order valence-electron chi connectivity index (χ1n) is 4.97. The summed E-state index contributed by atoms with van der Waals surface area (Å²) in [6.45, 7) is 2.06. The molecule has 1 heterocycles. The second kappa shape index (κ2) is 2.95. The molecule has 0 aliphatic heterocycles. The molecule has 0 aromatic carbocycles. The highest BCUT2D eigenvalue weighted by molar-refractivity contribution is 5.27. The van der Waals surface area contributed by atoms with Crippen molar-refractivity contribution in [2.24, 2.45) is 13.0 Å². The van der Waals surface area contributed by atoms with E-state index in [1.54, 1.807) is 13.2 Å². The maximum atomic E-state index is 11.4. The van der Waals surface area contributed by atoms with E-state index in [-0.39, 0.29) is 5.56 Å². The van der Waals surface area contributed by atoms with Crippen LogP contribution in [0.15, 0.2) is 23.1 Å². The van der Waals surface area contributed by atoms with Crippen molar-refractivity contribution >= 4 is 0 Å². The van der Waals surface area contributed by atoms with Gasteiger partial charge in [0.1, 0.15) is 0 Å². The first kappa shape index (κ1) is 9.46. The third kappa shape index (κ3) is 1.28. The molecule has 1 saturated carbocycles. The Balaban J connectivity index is 2.35. The maximum absolute atomic E-state index is 11.4. The highest BCUT2D eigenvalue weighted by Gasteiger charge is 2.52. The van der Waals surface area contributed by atoms with E-state index >= 15 is 0 Å². The van der Waals surface area contributed by atoms with Gasteiger partial charge in [-0.3, -0.25) is 4.79 Å². The molecule has 0 spiro atoms. The predicted octanol–water partition coefficient (Wildman–Crippen LogP) is 1.00. The number of hydrogen-bond donors (Lipinski definition) is 1. The number of rotatable bonds is 2. The topological polar surface area (TPSA) is 42.2 Å². The van der Waals surface area contributed by atoms with Gasteiger partial charge in [0, 0.05) is 19.3 Å². The molecule has 1 aliphatic rings. The van der Waals surface area contributed by atoms with E-state index in [9.17, 15) is 9.90 Å². The van der Waals surface area contributed by atoms with Gasteiger partial charge in [-0.25, -0.2) is 0 Å². The third-order valence-corrected chi connectivity index (χ3v) is 3.17. The average molecular weight is 193 g/mol. The molecule has 1 aliphatic carbocycles. The van der Waals surface area contributed by atoms with Crippen molar-refractivity contribution in [3.8, 4) is 0 Å². The van der Waals surface area contributed by atoms with Gasteiger partial charge < -0.3 is 9.67 Å². The van der Waals surface area contributed by atoms with Crippen molar-refractivity contribution in [1.29, 1.82) is 0 Å². The first-order valence-corrected chi connectivity index (χ1v) is 4.97. The van der Waals surface area contributed by atoms with Gasteiger partial charge >= 0.3 is 0 Å². The van der Waals surface area contributed by atoms with Crippen LogP contribution < -0.4 is 5.56 Å². The van der Waals surface area contributed by atoms with Crippen molar-refractivity contribution in [2.75, 3.05) is 0 Å². The molecule has 76 valence electrons. The summed E-state index contributed by atoms with van der Waals surface area (Å²) in [5.74, 6) is 0.328. The molecule has 0 bridgehead atoms. The number of nitrogens with zero attached hydrogens (tertiary/aromatic N) is 1. The lowest BCUT2D eigenvalue weighted by Gasteiger charge is -2.10. The molecule has 2 unspecified atom stereocenters. The highest BCUT2D eigenvalue weighted by Crippen LogP contribution is 2.53. The van der Waals surface area contributed by atoms with E-state index in [4.69, 9.17) is 0 Å². The molecule has 1 aromatic rings. The molecule has 3 nitrogen and oxygen atoms in total. The van der Waals surface area contributed by atoms with Crippen LogP contribution >= 0.6 is 0 Å². The van der Waals surface area contributed by atoms with Crippen LogP contribution in [0.5, 0.6) is 0 Å². The summed E-state index contributed by atoms with van der Waals surface area (Å²) in [4.78, 5) is 11.4. The number of aromatic nitrogens is 1. The lowest BCUT2D eigenvalue weighted by Crippen LogP contribution is -2.19. The molecule has 0 saturated heterocycles. The van der Waals surface area contributed by atoms with Crippen molar-refractivity contribution in [1.82, 2.24) is 4.57 Å². The van der Waals surface area contributed by atoms with Gasteiger partial charge in [0.2, 0.25) is 0 Å². The van der Waals surface area contributed by atoms with E-state index < -0.39 is 5.60 Å². The second-order valence-corrected chi connectivity index (χ2v) is 4.10. The van der Waals surface area contributed by atoms with Gasteiger partial charge in [-0.05, 0) is 24.0 Å². The lowest BCUT2D eigenvalue weighted by atomic mass is 10.1. The molecule has 2 atom stereocenters. The van der Waals surface area contributed by atoms with Crippen LogP contribution in [0, 0.1) is 5.92 Å². The molecule has 2 rings (SSSR count). The Morgan fingerprint density at radius 2 is 2.43 bits per heavy atom. The summed E-state index contributed by atoms with van der Waals surface area (Å²) < 4.78 is 1.51. The minimum atomic E-state index is -0.720. The Kier molecular flexibility index (Phi) is 2.00. The summed E-state index contributed by atoms with van der Waals surface area (Å²) in [6, 6.07) is 3.37. The van der Waals surface area contributed by atoms with E-state index in [0.717, 1.165) is 18.4 Å². The third-order valence-electron chi connectivity index (χ3n) is 3.17. The molecule has 0 amide bonds. The van der Waals surface area contributed by atoms with Crippen LogP contribution in [0.4, 0.5) is 0 Å². The van der Waals surface area contributed by atoms with Crippen LogP contribution in [0.25, 0.3) is 0 Å². The lowest BCUT2D eigenvalue weighted by molar-refractivity contribution is 0.130. The van der Waals surface area contributed by atoms with Crippen LogP contribution in [-0.4, -0.2) is 9.67 Å². The number of aliphatic hydroxyl groups is 1. The van der Waals surface area contributed by atoms with Crippen LogP contribution in [0.3, 0.4) is 0 Å². The molecule has 1 fully saturated rings. The highest BCUT2D eigenvalue weighted by atomic mass is 16.3. The number of hydrogen-bond acceptors (Lipinski definition) is 2. The average Bonchev–Trinajstić information content (AvgIpc) is 2.83.